The Morgan fingerprint density at radius 2 is 1.66 bits per heavy atom. The van der Waals surface area contributed by atoms with E-state index in [2.05, 4.69) is 16.7 Å². The lowest BCUT2D eigenvalue weighted by atomic mass is 9.80. The van der Waals surface area contributed by atoms with Gasteiger partial charge in [-0.15, -0.1) is 0 Å². The predicted molar refractivity (Wildman–Crippen MR) is 143 cm³/mol. The lowest BCUT2D eigenvalue weighted by molar-refractivity contribution is -0.138. The number of amides is 2. The molecule has 2 fully saturated rings. The van der Waals surface area contributed by atoms with Crippen LogP contribution in [0.4, 0.5) is 10.5 Å². The number of para-hydroxylation sites is 1. The third-order valence-corrected chi connectivity index (χ3v) is 8.49. The Balaban J connectivity index is 1.29. The Hall–Kier alpha value is -4.07. The van der Waals surface area contributed by atoms with Crippen molar-refractivity contribution in [2.45, 2.75) is 50.2 Å². The maximum Gasteiger partial charge on any atom is 0.415 e. The third-order valence-electron chi connectivity index (χ3n) is 8.49. The zero-order valence-corrected chi connectivity index (χ0v) is 21.1. The van der Waals surface area contributed by atoms with Gasteiger partial charge in [0, 0.05) is 36.0 Å². The summed E-state index contributed by atoms with van der Waals surface area (Å²) in [6, 6.07) is 20.1. The van der Waals surface area contributed by atoms with Gasteiger partial charge in [-0.25, -0.2) is 4.79 Å². The average Bonchev–Trinajstić information content (AvgIpc) is 3.61. The molecular formula is C30H32N4O4. The van der Waals surface area contributed by atoms with Gasteiger partial charge in [0.15, 0.2) is 0 Å². The van der Waals surface area contributed by atoms with E-state index in [1.54, 1.807) is 24.4 Å². The molecule has 3 aliphatic rings. The van der Waals surface area contributed by atoms with Crippen molar-refractivity contribution in [3.8, 4) is 0 Å². The molecule has 0 radical (unpaired) electrons. The van der Waals surface area contributed by atoms with Crippen LogP contribution in [0.15, 0.2) is 72.9 Å². The van der Waals surface area contributed by atoms with Gasteiger partial charge in [0.1, 0.15) is 0 Å². The summed E-state index contributed by atoms with van der Waals surface area (Å²) >= 11 is 0. The van der Waals surface area contributed by atoms with E-state index in [0.29, 0.717) is 17.8 Å². The van der Waals surface area contributed by atoms with Crippen molar-refractivity contribution < 1.29 is 19.5 Å². The number of aromatic nitrogens is 1. The number of hydrogen-bond donors (Lipinski definition) is 3. The smallest absolute Gasteiger partial charge is 0.415 e. The zero-order chi connectivity index (χ0) is 26.2. The molecule has 1 saturated heterocycles. The van der Waals surface area contributed by atoms with Crippen LogP contribution in [0.5, 0.6) is 0 Å². The second kappa shape index (κ2) is 10.0. The molecule has 1 aliphatic carbocycles. The number of carbonyl (C=O) groups is 3. The number of benzene rings is 2. The van der Waals surface area contributed by atoms with Gasteiger partial charge in [0.25, 0.3) is 5.91 Å². The number of hydrogen-bond acceptors (Lipinski definition) is 4. The quantitative estimate of drug-likeness (QED) is 0.453. The van der Waals surface area contributed by atoms with Gasteiger partial charge in [-0.2, -0.15) is 0 Å². The summed E-state index contributed by atoms with van der Waals surface area (Å²) in [5.41, 5.74) is 3.27. The third kappa shape index (κ3) is 4.23. The molecular weight excluding hydrogens is 480 g/mol. The summed E-state index contributed by atoms with van der Waals surface area (Å²) in [7, 11) is 0. The molecule has 6 rings (SSSR count). The monoisotopic (exact) mass is 512 g/mol. The van der Waals surface area contributed by atoms with E-state index in [-0.39, 0.29) is 41.8 Å². The first-order chi connectivity index (χ1) is 18.5. The molecule has 5 atom stereocenters. The fourth-order valence-corrected chi connectivity index (χ4v) is 6.74. The highest BCUT2D eigenvalue weighted by molar-refractivity contribution is 5.95. The van der Waals surface area contributed by atoms with Gasteiger partial charge in [-0.3, -0.25) is 14.2 Å². The Morgan fingerprint density at radius 1 is 0.895 bits per heavy atom. The minimum Gasteiger partial charge on any atom is -0.464 e. The highest BCUT2D eigenvalue weighted by atomic mass is 16.4. The van der Waals surface area contributed by atoms with Crippen LogP contribution in [-0.2, 0) is 4.79 Å². The molecule has 8 heteroatoms. The van der Waals surface area contributed by atoms with Crippen LogP contribution < -0.4 is 10.6 Å². The van der Waals surface area contributed by atoms with Crippen molar-refractivity contribution in [3.05, 3.63) is 89.7 Å². The van der Waals surface area contributed by atoms with Crippen LogP contribution in [0, 0.1) is 11.8 Å². The maximum absolute atomic E-state index is 14.2. The highest BCUT2D eigenvalue weighted by Gasteiger charge is 2.49. The first-order valence-electron chi connectivity index (χ1n) is 13.5. The maximum atomic E-state index is 14.2. The van der Waals surface area contributed by atoms with Crippen molar-refractivity contribution in [2.24, 2.45) is 11.8 Å². The second-order valence-electron chi connectivity index (χ2n) is 10.6. The molecule has 0 bridgehead atoms. The summed E-state index contributed by atoms with van der Waals surface area (Å²) < 4.78 is 1.27. The topological polar surface area (TPSA) is 104 Å². The predicted octanol–water partition coefficient (Wildman–Crippen LogP) is 5.06. The number of fused-ring (bicyclic) bond motifs is 3. The number of nitrogens with one attached hydrogen (secondary N) is 2. The first-order valence-corrected chi connectivity index (χ1v) is 13.5. The Kier molecular flexibility index (Phi) is 6.39. The largest absolute Gasteiger partial charge is 0.464 e. The van der Waals surface area contributed by atoms with E-state index >= 15 is 0 Å². The molecule has 8 nitrogen and oxygen atoms in total. The zero-order valence-electron chi connectivity index (χ0n) is 21.1. The molecule has 0 spiro atoms. The van der Waals surface area contributed by atoms with E-state index in [0.717, 1.165) is 43.4 Å². The molecule has 196 valence electrons. The van der Waals surface area contributed by atoms with Crippen LogP contribution in [0.25, 0.3) is 0 Å². The molecule has 3 N–H and O–H groups in total. The van der Waals surface area contributed by atoms with Gasteiger partial charge in [-0.05, 0) is 55.2 Å². The average molecular weight is 513 g/mol. The second-order valence-corrected chi connectivity index (χ2v) is 10.6. The Labute approximate surface area is 221 Å². The summed E-state index contributed by atoms with van der Waals surface area (Å²) in [5.74, 6) is -0.308. The van der Waals surface area contributed by atoms with Crippen molar-refractivity contribution in [1.29, 1.82) is 0 Å². The number of carboxylic acid groups (broad SMARTS) is 1. The molecule has 2 aliphatic heterocycles. The van der Waals surface area contributed by atoms with Crippen LogP contribution in [0.2, 0.25) is 0 Å². The minimum atomic E-state index is -1.02. The van der Waals surface area contributed by atoms with E-state index < -0.39 is 6.09 Å². The van der Waals surface area contributed by atoms with Gasteiger partial charge < -0.3 is 20.6 Å². The van der Waals surface area contributed by atoms with Crippen molar-refractivity contribution >= 4 is 23.6 Å². The van der Waals surface area contributed by atoms with Crippen LogP contribution in [-0.4, -0.2) is 45.1 Å². The van der Waals surface area contributed by atoms with Crippen LogP contribution in [0.3, 0.4) is 0 Å². The summed E-state index contributed by atoms with van der Waals surface area (Å²) in [4.78, 5) is 41.1. The molecule has 2 amide bonds. The number of anilines is 1. The van der Waals surface area contributed by atoms with Crippen LogP contribution >= 0.6 is 0 Å². The Bertz CT molecular complexity index is 1350. The fourth-order valence-electron chi connectivity index (χ4n) is 6.74. The van der Waals surface area contributed by atoms with Gasteiger partial charge >= 0.3 is 6.09 Å². The highest BCUT2D eigenvalue weighted by Crippen LogP contribution is 2.52. The first kappa shape index (κ1) is 24.3. The van der Waals surface area contributed by atoms with E-state index in [1.165, 1.54) is 4.57 Å². The van der Waals surface area contributed by atoms with Gasteiger partial charge in [0.2, 0.25) is 5.91 Å². The molecule has 3 aromatic rings. The molecule has 1 saturated carbocycles. The SMILES string of the molecule is O=C(N[C@@H]1CCCCC1C(=O)N1CC[C@@H]2[C@H](c3cccn3C(=O)O)Nc3ccccc3[C@@H]21)c1ccccc1. The normalized spacial score (nSPS) is 26.1. The summed E-state index contributed by atoms with van der Waals surface area (Å²) in [6.45, 7) is 0.602. The summed E-state index contributed by atoms with van der Waals surface area (Å²) in [6.07, 6.45) is 4.78. The van der Waals surface area contributed by atoms with Gasteiger partial charge in [0.05, 0.1) is 23.7 Å². The van der Waals surface area contributed by atoms with Crippen LogP contribution in [0.1, 0.15) is 65.8 Å². The van der Waals surface area contributed by atoms with E-state index in [9.17, 15) is 19.5 Å². The Morgan fingerprint density at radius 3 is 2.47 bits per heavy atom. The lowest BCUT2D eigenvalue weighted by Gasteiger charge is -2.42. The fraction of sp³-hybridized carbons (Fsp3) is 0.367. The lowest BCUT2D eigenvalue weighted by Crippen LogP contribution is -2.50. The number of likely N-dealkylation sites (tertiary alicyclic amines) is 1. The number of rotatable bonds is 4. The van der Waals surface area contributed by atoms with Gasteiger partial charge in [-0.1, -0.05) is 49.2 Å². The van der Waals surface area contributed by atoms with Crippen molar-refractivity contribution in [3.63, 3.8) is 0 Å². The molecule has 38 heavy (non-hydrogen) atoms. The molecule has 2 aromatic carbocycles. The minimum absolute atomic E-state index is 0.0304. The molecule has 3 heterocycles. The molecule has 1 unspecified atom stereocenters. The number of carbonyl (C=O) groups excluding carboxylic acids is 2. The van der Waals surface area contributed by atoms with E-state index in [4.69, 9.17) is 0 Å². The van der Waals surface area contributed by atoms with Crippen molar-refractivity contribution in [1.82, 2.24) is 14.8 Å². The van der Waals surface area contributed by atoms with E-state index in [1.807, 2.05) is 47.4 Å². The summed E-state index contributed by atoms with van der Waals surface area (Å²) in [5, 5.41) is 16.5. The molecule has 1 aromatic heterocycles. The standard InChI is InChI=1S/C30H32N4O4/c35-28(19-9-2-1-3-10-19)32-24-14-7-5-12-21(24)29(36)34-18-16-22-26(25-15-8-17-33(25)30(37)38)31-23-13-6-4-11-20(23)27(22)34/h1-4,6,8-11,13,15,17,21-22,24,26-27,31H,5,7,12,14,16,18H2,(H,32,35)(H,37,38)/t21?,22-,24-,26-,27+/m1/s1. The number of nitrogens with zero attached hydrogens (tertiary/aromatic N) is 2. The van der Waals surface area contributed by atoms with Crippen molar-refractivity contribution in [2.75, 3.05) is 11.9 Å².